The van der Waals surface area contributed by atoms with Crippen LogP contribution in [0.1, 0.15) is 68.1 Å². The minimum Gasteiger partial charge on any atom is -0.462 e. The molecule has 2 aromatic heterocycles. The van der Waals surface area contributed by atoms with Crippen molar-refractivity contribution < 1.29 is 23.5 Å². The van der Waals surface area contributed by atoms with Crippen LogP contribution in [0.5, 0.6) is 0 Å². The first-order chi connectivity index (χ1) is 20.3. The van der Waals surface area contributed by atoms with Crippen LogP contribution in [0.3, 0.4) is 0 Å². The molecule has 43 heavy (non-hydrogen) atoms. The van der Waals surface area contributed by atoms with Gasteiger partial charge in [-0.3, -0.25) is 4.79 Å². The van der Waals surface area contributed by atoms with Crippen molar-refractivity contribution in [3.05, 3.63) is 83.4 Å². The van der Waals surface area contributed by atoms with Gasteiger partial charge in [-0.25, -0.2) is 9.18 Å². The van der Waals surface area contributed by atoms with Crippen molar-refractivity contribution in [1.82, 2.24) is 14.3 Å². The van der Waals surface area contributed by atoms with Crippen molar-refractivity contribution in [3.63, 3.8) is 0 Å². The summed E-state index contributed by atoms with van der Waals surface area (Å²) >= 11 is 0. The molecule has 0 saturated heterocycles. The minimum atomic E-state index is -0.641. The molecule has 0 fully saturated rings. The fourth-order valence-electron chi connectivity index (χ4n) is 5.73. The largest absolute Gasteiger partial charge is 0.462 e. The average molecular weight is 584 g/mol. The predicted octanol–water partition coefficient (Wildman–Crippen LogP) is 7.88. The summed E-state index contributed by atoms with van der Waals surface area (Å²) in [6, 6.07) is 17.9. The molecule has 0 aliphatic heterocycles. The van der Waals surface area contributed by atoms with E-state index in [0.29, 0.717) is 17.7 Å². The number of ether oxygens (including phenoxy) is 2. The highest BCUT2D eigenvalue weighted by molar-refractivity contribution is 6.08. The molecule has 5 rings (SSSR count). The second-order valence-corrected chi connectivity index (χ2v) is 12.6. The van der Waals surface area contributed by atoms with Crippen LogP contribution in [0.2, 0.25) is 0 Å². The van der Waals surface area contributed by atoms with Crippen LogP contribution in [0, 0.1) is 18.2 Å². The number of rotatable bonds is 7. The van der Waals surface area contributed by atoms with Crippen molar-refractivity contribution in [1.29, 1.82) is 0 Å². The number of aromatic nitrogens is 3. The molecule has 0 saturated carbocycles. The van der Waals surface area contributed by atoms with Gasteiger partial charge in [0, 0.05) is 45.7 Å². The normalized spacial score (nSPS) is 12.3. The first kappa shape index (κ1) is 30.2. The summed E-state index contributed by atoms with van der Waals surface area (Å²) < 4.78 is 28.7. The van der Waals surface area contributed by atoms with Crippen LogP contribution in [0.25, 0.3) is 38.6 Å². The second kappa shape index (κ2) is 11.1. The number of aryl methyl sites for hydroxylation is 1. The van der Waals surface area contributed by atoms with Gasteiger partial charge in [0.15, 0.2) is 0 Å². The summed E-state index contributed by atoms with van der Waals surface area (Å²) in [6.07, 6.45) is 0. The molecule has 3 aromatic carbocycles. The molecule has 0 bridgehead atoms. The lowest BCUT2D eigenvalue weighted by molar-refractivity contribution is 0.0526. The number of halogens is 1. The maximum atomic E-state index is 14.1. The zero-order chi connectivity index (χ0) is 31.3. The Hall–Kier alpha value is -4.30. The van der Waals surface area contributed by atoms with E-state index in [4.69, 9.17) is 9.47 Å². The van der Waals surface area contributed by atoms with E-state index in [1.165, 1.54) is 16.8 Å². The van der Waals surface area contributed by atoms with E-state index in [-0.39, 0.29) is 24.3 Å². The molecule has 0 radical (unpaired) electrons. The number of nitrogens with zero attached hydrogens (tertiary/aromatic N) is 3. The third kappa shape index (κ3) is 5.36. The van der Waals surface area contributed by atoms with E-state index in [2.05, 4.69) is 29.6 Å². The summed E-state index contributed by atoms with van der Waals surface area (Å²) in [7, 11) is 1.67. The van der Waals surface area contributed by atoms with Gasteiger partial charge in [0.05, 0.1) is 35.5 Å². The molecule has 7 nitrogen and oxygen atoms in total. The third-order valence-corrected chi connectivity index (χ3v) is 7.70. The lowest BCUT2D eigenvalue weighted by Gasteiger charge is -2.28. The first-order valence-corrected chi connectivity index (χ1v) is 14.4. The molecule has 8 heteroatoms. The lowest BCUT2D eigenvalue weighted by atomic mass is 9.84. The number of hydrogen-bond acceptors (Lipinski definition) is 5. The summed E-state index contributed by atoms with van der Waals surface area (Å²) in [5, 5.41) is 6.41. The minimum absolute atomic E-state index is 0.108. The number of hydrogen-bond donors (Lipinski definition) is 0. The molecule has 0 atom stereocenters. The Labute approximate surface area is 251 Å². The average Bonchev–Trinajstić information content (AvgIpc) is 3.46. The van der Waals surface area contributed by atoms with E-state index in [0.717, 1.165) is 44.5 Å². The Morgan fingerprint density at radius 1 is 0.907 bits per heavy atom. The summed E-state index contributed by atoms with van der Waals surface area (Å²) in [5.74, 6) is -0.819. The highest BCUT2D eigenvalue weighted by atomic mass is 19.1. The molecule has 2 heterocycles. The quantitative estimate of drug-likeness (QED) is 0.182. The monoisotopic (exact) mass is 583 g/mol. The van der Waals surface area contributed by atoms with Crippen molar-refractivity contribution in [2.45, 2.75) is 53.9 Å². The van der Waals surface area contributed by atoms with Gasteiger partial charge in [0.2, 0.25) is 0 Å². The third-order valence-electron chi connectivity index (χ3n) is 7.70. The second-order valence-electron chi connectivity index (χ2n) is 12.6. The first-order valence-electron chi connectivity index (χ1n) is 14.4. The standard InChI is InChI=1S/C35H38FN3O4/c1-9-43-32(40)23-12-10-22(11-13-23)30-27-19-29-26(21(2)37-39(29)33(41)34(3,4)5)18-28(27)38(25-16-14-24(36)15-17-25)31(30)35(6,7)20-42-8/h10-19H,9,20H2,1-8H3. The van der Waals surface area contributed by atoms with Gasteiger partial charge in [-0.05, 0) is 67.9 Å². The maximum absolute atomic E-state index is 14.1. The number of carbonyl (C=O) groups excluding carboxylic acids is 2. The van der Waals surface area contributed by atoms with Gasteiger partial charge >= 0.3 is 5.97 Å². The molecule has 0 aliphatic carbocycles. The van der Waals surface area contributed by atoms with Gasteiger partial charge in [0.25, 0.3) is 5.91 Å². The summed E-state index contributed by atoms with van der Waals surface area (Å²) in [4.78, 5) is 26.0. The highest BCUT2D eigenvalue weighted by Crippen LogP contribution is 2.45. The number of esters is 1. The Bertz CT molecular complexity index is 1840. The van der Waals surface area contributed by atoms with E-state index in [1.807, 2.05) is 45.9 Å². The van der Waals surface area contributed by atoms with Crippen molar-refractivity contribution in [2.24, 2.45) is 5.41 Å². The topological polar surface area (TPSA) is 75.3 Å². The summed E-state index contributed by atoms with van der Waals surface area (Å²) in [6.45, 7) is 14.2. The van der Waals surface area contributed by atoms with Crippen LogP contribution in [-0.4, -0.2) is 46.5 Å². The molecule has 0 N–H and O–H groups in total. The lowest BCUT2D eigenvalue weighted by Crippen LogP contribution is -2.27. The van der Waals surface area contributed by atoms with Crippen molar-refractivity contribution in [2.75, 3.05) is 20.3 Å². The molecule has 0 aliphatic rings. The Morgan fingerprint density at radius 3 is 2.12 bits per heavy atom. The zero-order valence-electron chi connectivity index (χ0n) is 26.0. The Kier molecular flexibility index (Phi) is 7.77. The number of benzene rings is 3. The van der Waals surface area contributed by atoms with Crippen molar-refractivity contribution in [3.8, 4) is 16.8 Å². The van der Waals surface area contributed by atoms with Crippen LogP contribution in [0.4, 0.5) is 4.39 Å². The summed E-state index contributed by atoms with van der Waals surface area (Å²) in [5.41, 5.74) is 5.17. The van der Waals surface area contributed by atoms with E-state index >= 15 is 0 Å². The van der Waals surface area contributed by atoms with Crippen LogP contribution >= 0.6 is 0 Å². The van der Waals surface area contributed by atoms with E-state index < -0.39 is 10.8 Å². The van der Waals surface area contributed by atoms with E-state index in [1.54, 1.807) is 38.3 Å². The van der Waals surface area contributed by atoms with Gasteiger partial charge in [0.1, 0.15) is 5.82 Å². The number of fused-ring (bicyclic) bond motifs is 2. The Balaban J connectivity index is 1.93. The SMILES string of the molecule is CCOC(=O)c1ccc(-c2c(C(C)(C)COC)n(-c3ccc(F)cc3)c3cc4c(C)nn(C(=O)C(C)(C)C)c4cc23)cc1. The molecule has 5 aromatic rings. The fraction of sp³-hybridized carbons (Fsp3) is 0.343. The van der Waals surface area contributed by atoms with Gasteiger partial charge < -0.3 is 14.0 Å². The van der Waals surface area contributed by atoms with E-state index in [9.17, 15) is 14.0 Å². The maximum Gasteiger partial charge on any atom is 0.338 e. The highest BCUT2D eigenvalue weighted by Gasteiger charge is 2.33. The van der Waals surface area contributed by atoms with Gasteiger partial charge in [-0.15, -0.1) is 0 Å². The number of methoxy groups -OCH3 is 1. The molecule has 224 valence electrons. The molecule has 0 amide bonds. The molecule has 0 unspecified atom stereocenters. The smallest absolute Gasteiger partial charge is 0.338 e. The van der Waals surface area contributed by atoms with Gasteiger partial charge in [-0.2, -0.15) is 9.78 Å². The molecular weight excluding hydrogens is 545 g/mol. The zero-order valence-corrected chi connectivity index (χ0v) is 26.0. The van der Waals surface area contributed by atoms with Gasteiger partial charge in [-0.1, -0.05) is 46.8 Å². The van der Waals surface area contributed by atoms with Crippen LogP contribution < -0.4 is 0 Å². The van der Waals surface area contributed by atoms with Crippen LogP contribution in [-0.2, 0) is 14.9 Å². The Morgan fingerprint density at radius 2 is 1.53 bits per heavy atom. The number of carbonyl (C=O) groups is 2. The molecular formula is C35H38FN3O4. The van der Waals surface area contributed by atoms with Crippen molar-refractivity contribution >= 4 is 33.7 Å². The van der Waals surface area contributed by atoms with Crippen LogP contribution in [0.15, 0.2) is 60.7 Å². The fourth-order valence-corrected chi connectivity index (χ4v) is 5.73. The predicted molar refractivity (Wildman–Crippen MR) is 168 cm³/mol. The molecule has 0 spiro atoms.